The van der Waals surface area contributed by atoms with E-state index < -0.39 is 0 Å². The van der Waals surface area contributed by atoms with Gasteiger partial charge in [0.15, 0.2) is 0 Å². The molecule has 8 heteroatoms. The van der Waals surface area contributed by atoms with Crippen LogP contribution in [0.3, 0.4) is 0 Å². The molecule has 0 unspecified atom stereocenters. The fourth-order valence-electron chi connectivity index (χ4n) is 3.91. The normalized spacial score (nSPS) is 21.5. The molecule has 4 rings (SSSR count). The van der Waals surface area contributed by atoms with E-state index in [0.717, 1.165) is 44.6 Å². The molecule has 2 saturated heterocycles. The van der Waals surface area contributed by atoms with Crippen molar-refractivity contribution in [3.05, 3.63) is 46.7 Å². The molecule has 156 valence electrons. The Kier molecular flexibility index (Phi) is 6.74. The maximum Gasteiger partial charge on any atom is 0.248 e. The second-order valence-electron chi connectivity index (χ2n) is 7.55. The van der Waals surface area contributed by atoms with Crippen molar-refractivity contribution in [1.82, 2.24) is 14.8 Å². The second kappa shape index (κ2) is 9.65. The number of ether oxygens (including phenoxy) is 2. The number of carbonyl (C=O) groups excluding carboxylic acids is 1. The number of rotatable bonds is 7. The number of hydrogen-bond donors (Lipinski definition) is 0. The Bertz CT molecular complexity index is 779. The zero-order valence-corrected chi connectivity index (χ0v) is 17.2. The summed E-state index contributed by atoms with van der Waals surface area (Å²) in [5.74, 6) is 0.372. The number of amides is 1. The first kappa shape index (κ1) is 20.3. The van der Waals surface area contributed by atoms with Crippen molar-refractivity contribution in [3.63, 3.8) is 0 Å². The van der Waals surface area contributed by atoms with Gasteiger partial charge in [-0.1, -0.05) is 0 Å². The van der Waals surface area contributed by atoms with Gasteiger partial charge in [0.05, 0.1) is 17.7 Å². The first-order valence-electron chi connectivity index (χ1n) is 10.1. The summed E-state index contributed by atoms with van der Waals surface area (Å²) in [6.07, 6.45) is 2.77. The Hall–Kier alpha value is -2.03. The minimum Gasteiger partial charge on any atom is -0.491 e. The summed E-state index contributed by atoms with van der Waals surface area (Å²) in [5.41, 5.74) is 3.03. The van der Waals surface area contributed by atoms with E-state index in [0.29, 0.717) is 18.9 Å². The van der Waals surface area contributed by atoms with Gasteiger partial charge in [-0.3, -0.25) is 4.79 Å². The molecule has 0 radical (unpaired) electrons. The van der Waals surface area contributed by atoms with Gasteiger partial charge in [-0.25, -0.2) is 9.37 Å². The Morgan fingerprint density at radius 2 is 2.03 bits per heavy atom. The lowest BCUT2D eigenvalue weighted by atomic mass is 10.0. The molecule has 6 nitrogen and oxygen atoms in total. The van der Waals surface area contributed by atoms with E-state index in [2.05, 4.69) is 15.3 Å². The van der Waals surface area contributed by atoms with E-state index in [4.69, 9.17) is 9.47 Å². The van der Waals surface area contributed by atoms with Gasteiger partial charge in [-0.2, -0.15) is 0 Å². The van der Waals surface area contributed by atoms with E-state index in [1.165, 1.54) is 12.1 Å². The molecule has 0 bridgehead atoms. The predicted octanol–water partition coefficient (Wildman–Crippen LogP) is 2.60. The number of morpholine rings is 1. The maximum atomic E-state index is 13.0. The zero-order valence-electron chi connectivity index (χ0n) is 16.3. The topological polar surface area (TPSA) is 54.9 Å². The molecule has 1 amide bonds. The van der Waals surface area contributed by atoms with Crippen molar-refractivity contribution < 1.29 is 18.7 Å². The maximum absolute atomic E-state index is 13.0. The van der Waals surface area contributed by atoms with Crippen molar-refractivity contribution >= 4 is 17.2 Å². The standard InChI is InChI=1S/C21H26FN3O3S/c22-16-1-3-19(4-2-16)27-12-20-11-25(21(26)13-28-20)18-6-9-24(10-7-18)8-5-17-14-29-15-23-17/h1-4,14-15,18,20H,5-13H2/t20-/m1/s1. The summed E-state index contributed by atoms with van der Waals surface area (Å²) in [6, 6.07) is 6.20. The molecule has 0 spiro atoms. The highest BCUT2D eigenvalue weighted by molar-refractivity contribution is 7.07. The first-order chi connectivity index (χ1) is 14.2. The van der Waals surface area contributed by atoms with Crippen LogP contribution in [0.2, 0.25) is 0 Å². The minimum atomic E-state index is -0.291. The van der Waals surface area contributed by atoms with Gasteiger partial charge in [-0.15, -0.1) is 11.3 Å². The van der Waals surface area contributed by atoms with Crippen LogP contribution in [-0.4, -0.2) is 72.2 Å². The minimum absolute atomic E-state index is 0.0592. The van der Waals surface area contributed by atoms with Crippen LogP contribution in [0.5, 0.6) is 5.75 Å². The van der Waals surface area contributed by atoms with Gasteiger partial charge in [0, 0.05) is 37.5 Å². The number of benzene rings is 1. The van der Waals surface area contributed by atoms with Crippen molar-refractivity contribution in [2.45, 2.75) is 31.4 Å². The Labute approximate surface area is 174 Å². The van der Waals surface area contributed by atoms with Crippen molar-refractivity contribution in [3.8, 4) is 5.75 Å². The third kappa shape index (κ3) is 5.52. The third-order valence-corrected chi connectivity index (χ3v) is 6.21. The quantitative estimate of drug-likeness (QED) is 0.691. The summed E-state index contributed by atoms with van der Waals surface area (Å²) >= 11 is 1.64. The Morgan fingerprint density at radius 1 is 1.24 bits per heavy atom. The summed E-state index contributed by atoms with van der Waals surface area (Å²) in [4.78, 5) is 21.2. The van der Waals surface area contributed by atoms with Gasteiger partial charge in [0.2, 0.25) is 5.91 Å². The highest BCUT2D eigenvalue weighted by Gasteiger charge is 2.33. The number of halogens is 1. The fraction of sp³-hybridized carbons (Fsp3) is 0.524. The molecule has 1 aromatic carbocycles. The number of likely N-dealkylation sites (tertiary alicyclic amines) is 1. The van der Waals surface area contributed by atoms with Crippen LogP contribution in [0, 0.1) is 5.82 Å². The molecule has 1 aromatic heterocycles. The molecule has 2 fully saturated rings. The zero-order chi connectivity index (χ0) is 20.1. The monoisotopic (exact) mass is 419 g/mol. The molecule has 2 aromatic rings. The molecule has 0 saturated carbocycles. The van der Waals surface area contributed by atoms with Crippen LogP contribution in [0.15, 0.2) is 35.2 Å². The first-order valence-corrected chi connectivity index (χ1v) is 11.0. The summed E-state index contributed by atoms with van der Waals surface area (Å²) < 4.78 is 24.4. The van der Waals surface area contributed by atoms with E-state index in [-0.39, 0.29) is 30.5 Å². The largest absolute Gasteiger partial charge is 0.491 e. The number of nitrogens with zero attached hydrogens (tertiary/aromatic N) is 3. The Morgan fingerprint density at radius 3 is 2.76 bits per heavy atom. The van der Waals surface area contributed by atoms with E-state index >= 15 is 0 Å². The fourth-order valence-corrected chi connectivity index (χ4v) is 4.50. The predicted molar refractivity (Wildman–Crippen MR) is 109 cm³/mol. The van der Waals surface area contributed by atoms with Gasteiger partial charge in [0.25, 0.3) is 0 Å². The number of thiazole rings is 1. The van der Waals surface area contributed by atoms with Crippen LogP contribution >= 0.6 is 11.3 Å². The van der Waals surface area contributed by atoms with Crippen LogP contribution in [0.1, 0.15) is 18.5 Å². The summed E-state index contributed by atoms with van der Waals surface area (Å²) in [5, 5.41) is 2.10. The number of piperidine rings is 1. The van der Waals surface area contributed by atoms with Crippen LogP contribution in [0.4, 0.5) is 4.39 Å². The SMILES string of the molecule is O=C1CO[C@@H](COc2ccc(F)cc2)CN1C1CCN(CCc2cscn2)CC1. The molecule has 0 N–H and O–H groups in total. The highest BCUT2D eigenvalue weighted by atomic mass is 32.1. The van der Waals surface area contributed by atoms with Crippen molar-refractivity contribution in [2.24, 2.45) is 0 Å². The summed E-state index contributed by atoms with van der Waals surface area (Å²) in [7, 11) is 0. The molecular weight excluding hydrogens is 393 g/mol. The molecule has 1 atom stereocenters. The average molecular weight is 420 g/mol. The smallest absolute Gasteiger partial charge is 0.248 e. The average Bonchev–Trinajstić information content (AvgIpc) is 3.27. The van der Waals surface area contributed by atoms with Crippen LogP contribution in [0.25, 0.3) is 0 Å². The van der Waals surface area contributed by atoms with Gasteiger partial charge >= 0.3 is 0 Å². The highest BCUT2D eigenvalue weighted by Crippen LogP contribution is 2.21. The lowest BCUT2D eigenvalue weighted by Crippen LogP contribution is -2.55. The second-order valence-corrected chi connectivity index (χ2v) is 8.27. The van der Waals surface area contributed by atoms with E-state index in [9.17, 15) is 9.18 Å². The van der Waals surface area contributed by atoms with Crippen LogP contribution in [-0.2, 0) is 16.0 Å². The van der Waals surface area contributed by atoms with Gasteiger partial charge in [-0.05, 0) is 37.1 Å². The summed E-state index contributed by atoms with van der Waals surface area (Å²) in [6.45, 7) is 4.00. The van der Waals surface area contributed by atoms with E-state index in [1.54, 1.807) is 23.5 Å². The van der Waals surface area contributed by atoms with Crippen molar-refractivity contribution in [1.29, 1.82) is 0 Å². The van der Waals surface area contributed by atoms with Gasteiger partial charge in [0.1, 0.15) is 30.9 Å². The van der Waals surface area contributed by atoms with Crippen molar-refractivity contribution in [2.75, 3.05) is 39.4 Å². The van der Waals surface area contributed by atoms with Crippen LogP contribution < -0.4 is 4.74 Å². The molecule has 2 aliphatic heterocycles. The van der Waals surface area contributed by atoms with Gasteiger partial charge < -0.3 is 19.3 Å². The van der Waals surface area contributed by atoms with E-state index in [1.807, 2.05) is 10.4 Å². The Balaban J connectivity index is 1.23. The molecule has 29 heavy (non-hydrogen) atoms. The number of hydrogen-bond acceptors (Lipinski definition) is 6. The third-order valence-electron chi connectivity index (χ3n) is 5.58. The molecule has 3 heterocycles. The number of aromatic nitrogens is 1. The molecule has 2 aliphatic rings. The number of carbonyl (C=O) groups is 1. The lowest BCUT2D eigenvalue weighted by molar-refractivity contribution is -0.155. The lowest BCUT2D eigenvalue weighted by Gasteiger charge is -2.42. The molecular formula is C21H26FN3O3S. The molecule has 0 aliphatic carbocycles.